The van der Waals surface area contributed by atoms with E-state index in [4.69, 9.17) is 0 Å². The van der Waals surface area contributed by atoms with Gasteiger partial charge in [0, 0.05) is 23.2 Å². The van der Waals surface area contributed by atoms with Crippen LogP contribution in [0.1, 0.15) is 0 Å². The van der Waals surface area contributed by atoms with Gasteiger partial charge in [0.05, 0.1) is 16.7 Å². The summed E-state index contributed by atoms with van der Waals surface area (Å²) < 4.78 is 1.79. The number of rotatable bonds is 0. The zero-order chi connectivity index (χ0) is 11.4. The molecule has 0 radical (unpaired) electrons. The van der Waals surface area contributed by atoms with Crippen molar-refractivity contribution < 1.29 is 0 Å². The summed E-state index contributed by atoms with van der Waals surface area (Å²) in [5.74, 6) is 0. The molecule has 1 aliphatic rings. The van der Waals surface area contributed by atoms with Gasteiger partial charge in [0.25, 0.3) is 5.56 Å². The summed E-state index contributed by atoms with van der Waals surface area (Å²) in [4.78, 5) is 12.0. The second-order valence-electron chi connectivity index (χ2n) is 4.29. The number of hydrogen-bond acceptors (Lipinski definition) is 2. The van der Waals surface area contributed by atoms with E-state index in [9.17, 15) is 4.79 Å². The van der Waals surface area contributed by atoms with Gasteiger partial charge in [-0.15, -0.1) is 0 Å². The fourth-order valence-electron chi connectivity index (χ4n) is 2.68. The molecule has 82 valence electrons. The Bertz CT molecular complexity index is 861. The molecular formula is C14H10N2O. The first-order valence-electron chi connectivity index (χ1n) is 5.66. The first-order valence-corrected chi connectivity index (χ1v) is 5.66. The van der Waals surface area contributed by atoms with Crippen LogP contribution in [-0.2, 0) is 0 Å². The van der Waals surface area contributed by atoms with Crippen LogP contribution in [0.15, 0.2) is 41.2 Å². The third kappa shape index (κ3) is 0.984. The Balaban J connectivity index is 2.52. The molecule has 2 aromatic heterocycles. The summed E-state index contributed by atoms with van der Waals surface area (Å²) in [7, 11) is 0. The van der Waals surface area contributed by atoms with Crippen molar-refractivity contribution in [2.45, 2.75) is 0 Å². The topological polar surface area (TPSA) is 33.5 Å². The van der Waals surface area contributed by atoms with Crippen LogP contribution in [0.4, 0.5) is 5.69 Å². The van der Waals surface area contributed by atoms with Crippen molar-refractivity contribution in [1.82, 2.24) is 4.40 Å². The highest BCUT2D eigenvalue weighted by molar-refractivity contribution is 5.94. The highest BCUT2D eigenvalue weighted by Gasteiger charge is 2.13. The Hall–Kier alpha value is -2.29. The van der Waals surface area contributed by atoms with Crippen molar-refractivity contribution in [1.29, 1.82) is 0 Å². The molecule has 3 heteroatoms. The molecule has 0 fully saturated rings. The van der Waals surface area contributed by atoms with Gasteiger partial charge in [-0.05, 0) is 12.1 Å². The van der Waals surface area contributed by atoms with Gasteiger partial charge in [0.2, 0.25) is 0 Å². The lowest BCUT2D eigenvalue weighted by atomic mass is 10.1. The van der Waals surface area contributed by atoms with Gasteiger partial charge in [0.1, 0.15) is 0 Å². The van der Waals surface area contributed by atoms with Crippen LogP contribution < -0.4 is 16.1 Å². The summed E-state index contributed by atoms with van der Waals surface area (Å²) in [5, 5.41) is 5.62. The van der Waals surface area contributed by atoms with E-state index in [1.54, 1.807) is 10.5 Å². The average Bonchev–Trinajstić information content (AvgIpc) is 2.71. The first kappa shape index (κ1) is 8.82. The number of benzene rings is 1. The maximum atomic E-state index is 12.0. The lowest BCUT2D eigenvalue weighted by molar-refractivity contribution is 1.16. The number of nitrogens with one attached hydrogen (secondary N) is 1. The lowest BCUT2D eigenvalue weighted by Gasteiger charge is -2.09. The first-order chi connectivity index (χ1) is 8.36. The van der Waals surface area contributed by atoms with Crippen LogP contribution in [0.2, 0.25) is 0 Å². The molecule has 0 aliphatic carbocycles. The molecular weight excluding hydrogens is 212 g/mol. The highest BCUT2D eigenvalue weighted by Crippen LogP contribution is 2.20. The van der Waals surface area contributed by atoms with E-state index in [0.717, 1.165) is 28.7 Å². The highest BCUT2D eigenvalue weighted by atomic mass is 16.1. The zero-order valence-electron chi connectivity index (χ0n) is 9.10. The van der Waals surface area contributed by atoms with E-state index < -0.39 is 0 Å². The van der Waals surface area contributed by atoms with E-state index in [-0.39, 0.29) is 5.56 Å². The van der Waals surface area contributed by atoms with Crippen LogP contribution in [0.3, 0.4) is 0 Å². The van der Waals surface area contributed by atoms with Crippen molar-refractivity contribution >= 4 is 28.2 Å². The number of pyridine rings is 1. The molecule has 0 unspecified atom stereocenters. The Labute approximate surface area is 97.0 Å². The molecule has 0 saturated carbocycles. The molecule has 1 aliphatic heterocycles. The molecule has 1 N–H and O–H groups in total. The molecule has 3 aromatic rings. The minimum Gasteiger partial charge on any atom is -0.380 e. The summed E-state index contributed by atoms with van der Waals surface area (Å²) >= 11 is 0. The molecule has 4 rings (SSSR count). The van der Waals surface area contributed by atoms with E-state index in [0.29, 0.717) is 0 Å². The summed E-state index contributed by atoms with van der Waals surface area (Å²) in [6.45, 7) is 0.814. The van der Waals surface area contributed by atoms with E-state index in [2.05, 4.69) is 17.5 Å². The Kier molecular flexibility index (Phi) is 1.50. The molecule has 0 amide bonds. The number of para-hydroxylation sites is 1. The predicted octanol–water partition coefficient (Wildman–Crippen LogP) is 1.38. The smallest absolute Gasteiger partial charge is 0.255 e. The van der Waals surface area contributed by atoms with E-state index >= 15 is 0 Å². The van der Waals surface area contributed by atoms with Gasteiger partial charge in [0.15, 0.2) is 0 Å². The Morgan fingerprint density at radius 2 is 2.00 bits per heavy atom. The fourth-order valence-corrected chi connectivity index (χ4v) is 2.68. The molecule has 0 spiro atoms. The van der Waals surface area contributed by atoms with E-state index in [1.807, 2.05) is 24.3 Å². The van der Waals surface area contributed by atoms with Gasteiger partial charge >= 0.3 is 0 Å². The normalized spacial score (nSPS) is 13.6. The molecule has 0 bridgehead atoms. The standard InChI is InChI=1S/C14H10N2O/c17-13-6-5-11-14-10(7-8-15-11)9-3-1-2-4-12(9)16(13)14/h1-7,15H,8H2. The van der Waals surface area contributed by atoms with Crippen molar-refractivity contribution in [3.63, 3.8) is 0 Å². The van der Waals surface area contributed by atoms with Gasteiger partial charge in [-0.3, -0.25) is 9.20 Å². The largest absolute Gasteiger partial charge is 0.380 e. The second kappa shape index (κ2) is 2.88. The quantitative estimate of drug-likeness (QED) is 0.623. The van der Waals surface area contributed by atoms with Crippen LogP contribution in [0.25, 0.3) is 22.5 Å². The van der Waals surface area contributed by atoms with Crippen molar-refractivity contribution in [2.24, 2.45) is 0 Å². The number of aromatic nitrogens is 1. The van der Waals surface area contributed by atoms with Crippen molar-refractivity contribution in [2.75, 3.05) is 11.9 Å². The molecule has 1 aromatic carbocycles. The Morgan fingerprint density at radius 1 is 1.12 bits per heavy atom. The summed E-state index contributed by atoms with van der Waals surface area (Å²) in [6.07, 6.45) is 2.14. The molecule has 17 heavy (non-hydrogen) atoms. The van der Waals surface area contributed by atoms with Gasteiger partial charge < -0.3 is 5.32 Å². The molecule has 3 nitrogen and oxygen atoms in total. The summed E-state index contributed by atoms with van der Waals surface area (Å²) in [6, 6.07) is 11.5. The van der Waals surface area contributed by atoms with Crippen LogP contribution in [0, 0.1) is 0 Å². The van der Waals surface area contributed by atoms with Crippen LogP contribution in [0.5, 0.6) is 0 Å². The summed E-state index contributed by atoms with van der Waals surface area (Å²) in [5.41, 5.74) is 3.07. The number of nitrogens with zero attached hydrogens (tertiary/aromatic N) is 1. The second-order valence-corrected chi connectivity index (χ2v) is 4.29. The van der Waals surface area contributed by atoms with Gasteiger partial charge in [-0.1, -0.05) is 24.3 Å². The predicted molar refractivity (Wildman–Crippen MR) is 69.3 cm³/mol. The van der Waals surface area contributed by atoms with E-state index in [1.165, 1.54) is 5.22 Å². The minimum absolute atomic E-state index is 0.0308. The average molecular weight is 222 g/mol. The lowest BCUT2D eigenvalue weighted by Crippen LogP contribution is -2.19. The monoisotopic (exact) mass is 222 g/mol. The van der Waals surface area contributed by atoms with Crippen LogP contribution >= 0.6 is 0 Å². The zero-order valence-corrected chi connectivity index (χ0v) is 9.10. The fraction of sp³-hybridized carbons (Fsp3) is 0.0714. The molecule has 3 heterocycles. The molecule has 0 atom stereocenters. The molecule has 0 saturated heterocycles. The number of hydrogen-bond donors (Lipinski definition) is 1. The van der Waals surface area contributed by atoms with Crippen molar-refractivity contribution in [3.05, 3.63) is 52.0 Å². The SMILES string of the molecule is O=c1ccc2c3c(c4ccccc4n13)=CCN2. The Morgan fingerprint density at radius 3 is 2.94 bits per heavy atom. The van der Waals surface area contributed by atoms with Gasteiger partial charge in [-0.2, -0.15) is 0 Å². The third-order valence-corrected chi connectivity index (χ3v) is 3.38. The van der Waals surface area contributed by atoms with Gasteiger partial charge in [-0.25, -0.2) is 0 Å². The minimum atomic E-state index is 0.0308. The maximum Gasteiger partial charge on any atom is 0.255 e. The van der Waals surface area contributed by atoms with Crippen molar-refractivity contribution in [3.8, 4) is 0 Å². The number of anilines is 1. The third-order valence-electron chi connectivity index (χ3n) is 3.38. The maximum absolute atomic E-state index is 12.0. The van der Waals surface area contributed by atoms with Crippen LogP contribution in [-0.4, -0.2) is 10.9 Å². The number of fused-ring (bicyclic) bond motifs is 3.